The number of fused-ring (bicyclic) bond motifs is 1. The molecule has 0 spiro atoms. The van der Waals surface area contributed by atoms with Gasteiger partial charge in [-0.1, -0.05) is 47.0 Å². The molecule has 0 bridgehead atoms. The van der Waals surface area contributed by atoms with Crippen molar-refractivity contribution in [2.45, 2.75) is 13.5 Å². The summed E-state index contributed by atoms with van der Waals surface area (Å²) < 4.78 is 0. The average Bonchev–Trinajstić information content (AvgIpc) is 2.47. The molecule has 1 N–H and O–H groups in total. The Hall–Kier alpha value is -1.77. The van der Waals surface area contributed by atoms with Crippen molar-refractivity contribution in [3.63, 3.8) is 0 Å². The van der Waals surface area contributed by atoms with Gasteiger partial charge in [0.1, 0.15) is 5.15 Å². The molecule has 0 aliphatic carbocycles. The molecule has 0 atom stereocenters. The number of benzene rings is 2. The second kappa shape index (κ2) is 5.92. The third-order valence-corrected chi connectivity index (χ3v) is 4.00. The molecule has 3 aromatic rings. The van der Waals surface area contributed by atoms with Crippen molar-refractivity contribution in [3.8, 4) is 0 Å². The van der Waals surface area contributed by atoms with Crippen molar-refractivity contribution in [3.05, 3.63) is 69.8 Å². The van der Waals surface area contributed by atoms with E-state index in [9.17, 15) is 0 Å². The summed E-state index contributed by atoms with van der Waals surface area (Å²) in [6, 6.07) is 15.8. The third-order valence-electron chi connectivity index (χ3n) is 3.34. The highest BCUT2D eigenvalue weighted by Crippen LogP contribution is 2.25. The van der Waals surface area contributed by atoms with Gasteiger partial charge >= 0.3 is 0 Å². The van der Waals surface area contributed by atoms with Crippen molar-refractivity contribution in [1.82, 2.24) is 4.98 Å². The summed E-state index contributed by atoms with van der Waals surface area (Å²) in [7, 11) is 0. The molecule has 3 rings (SSSR count). The summed E-state index contributed by atoms with van der Waals surface area (Å²) >= 11 is 12.4. The minimum atomic E-state index is 0.519. The summed E-state index contributed by atoms with van der Waals surface area (Å²) in [4.78, 5) is 4.44. The van der Waals surface area contributed by atoms with Gasteiger partial charge < -0.3 is 5.32 Å². The number of aromatic nitrogens is 1. The molecule has 1 heterocycles. The fraction of sp³-hybridized carbons (Fsp3) is 0.118. The molecule has 4 heteroatoms. The molecule has 2 aromatic carbocycles. The van der Waals surface area contributed by atoms with Crippen LogP contribution in [-0.2, 0) is 6.54 Å². The standard InChI is InChI=1S/C17H14Cl2N2/c1-11-6-7-15-12(8-11)9-13(17(19)21-15)10-20-16-5-3-2-4-14(16)18/h2-9,20H,10H2,1H3. The van der Waals surface area contributed by atoms with Gasteiger partial charge in [0.25, 0.3) is 0 Å². The number of aryl methyl sites for hydroxylation is 1. The Kier molecular flexibility index (Phi) is 4.00. The van der Waals surface area contributed by atoms with Gasteiger partial charge in [-0.05, 0) is 37.3 Å². The number of pyridine rings is 1. The molecule has 0 amide bonds. The lowest BCUT2D eigenvalue weighted by atomic mass is 10.1. The Morgan fingerprint density at radius 2 is 1.86 bits per heavy atom. The van der Waals surface area contributed by atoms with E-state index < -0.39 is 0 Å². The topological polar surface area (TPSA) is 24.9 Å². The fourth-order valence-electron chi connectivity index (χ4n) is 2.24. The molecule has 0 fully saturated rings. The summed E-state index contributed by atoms with van der Waals surface area (Å²) in [5.41, 5.74) is 3.96. The average molecular weight is 317 g/mol. The highest BCUT2D eigenvalue weighted by atomic mass is 35.5. The molecular formula is C17H14Cl2N2. The lowest BCUT2D eigenvalue weighted by molar-refractivity contribution is 1.13. The van der Waals surface area contributed by atoms with Gasteiger partial charge in [-0.15, -0.1) is 0 Å². The van der Waals surface area contributed by atoms with E-state index in [2.05, 4.69) is 29.4 Å². The van der Waals surface area contributed by atoms with E-state index in [1.165, 1.54) is 5.56 Å². The molecule has 0 saturated heterocycles. The highest BCUT2D eigenvalue weighted by Gasteiger charge is 2.06. The normalized spacial score (nSPS) is 10.8. The van der Waals surface area contributed by atoms with E-state index >= 15 is 0 Å². The van der Waals surface area contributed by atoms with Gasteiger partial charge in [0.05, 0.1) is 16.2 Å². The molecular weight excluding hydrogens is 303 g/mol. The maximum atomic E-state index is 6.26. The monoisotopic (exact) mass is 316 g/mol. The van der Waals surface area contributed by atoms with Crippen LogP contribution in [-0.4, -0.2) is 4.98 Å². The quantitative estimate of drug-likeness (QED) is 0.649. The predicted octanol–water partition coefficient (Wildman–Crippen LogP) is 5.46. The zero-order valence-corrected chi connectivity index (χ0v) is 13.0. The number of hydrogen-bond donors (Lipinski definition) is 1. The van der Waals surface area contributed by atoms with Gasteiger partial charge in [0.2, 0.25) is 0 Å². The lowest BCUT2D eigenvalue weighted by Crippen LogP contribution is -2.01. The molecule has 0 radical (unpaired) electrons. The van der Waals surface area contributed by atoms with Crippen molar-refractivity contribution in [2.75, 3.05) is 5.32 Å². The molecule has 0 unspecified atom stereocenters. The number of nitrogens with zero attached hydrogens (tertiary/aromatic N) is 1. The van der Waals surface area contributed by atoms with Crippen LogP contribution in [0.4, 0.5) is 5.69 Å². The first kappa shape index (κ1) is 14.2. The van der Waals surface area contributed by atoms with E-state index in [4.69, 9.17) is 23.2 Å². The summed E-state index contributed by atoms with van der Waals surface area (Å²) in [6.45, 7) is 2.65. The second-order valence-electron chi connectivity index (χ2n) is 4.97. The first-order valence-electron chi connectivity index (χ1n) is 6.68. The Morgan fingerprint density at radius 1 is 1.05 bits per heavy atom. The van der Waals surface area contributed by atoms with Crippen LogP contribution in [0, 0.1) is 6.92 Å². The van der Waals surface area contributed by atoms with Gasteiger partial charge in [0, 0.05) is 17.5 Å². The van der Waals surface area contributed by atoms with Crippen LogP contribution in [0.5, 0.6) is 0 Å². The fourth-order valence-corrected chi connectivity index (χ4v) is 2.65. The predicted molar refractivity (Wildman–Crippen MR) is 90.3 cm³/mol. The van der Waals surface area contributed by atoms with Crippen LogP contribution in [0.1, 0.15) is 11.1 Å². The first-order chi connectivity index (χ1) is 10.1. The van der Waals surface area contributed by atoms with Crippen LogP contribution in [0.25, 0.3) is 10.9 Å². The summed E-state index contributed by atoms with van der Waals surface area (Å²) in [5.74, 6) is 0. The molecule has 106 valence electrons. The van der Waals surface area contributed by atoms with E-state index in [1.807, 2.05) is 36.4 Å². The van der Waals surface area contributed by atoms with E-state index in [1.54, 1.807) is 0 Å². The zero-order valence-electron chi connectivity index (χ0n) is 11.5. The van der Waals surface area contributed by atoms with Crippen LogP contribution >= 0.6 is 23.2 Å². The summed E-state index contributed by atoms with van der Waals surface area (Å²) in [5, 5.41) is 5.60. The van der Waals surface area contributed by atoms with Crippen LogP contribution in [0.15, 0.2) is 48.5 Å². The minimum absolute atomic E-state index is 0.519. The molecule has 21 heavy (non-hydrogen) atoms. The SMILES string of the molecule is Cc1ccc2nc(Cl)c(CNc3ccccc3Cl)cc2c1. The summed E-state index contributed by atoms with van der Waals surface area (Å²) in [6.07, 6.45) is 0. The van der Waals surface area contributed by atoms with E-state index in [0.717, 1.165) is 22.2 Å². The Bertz CT molecular complexity index is 800. The van der Waals surface area contributed by atoms with Gasteiger partial charge in [-0.3, -0.25) is 0 Å². The van der Waals surface area contributed by atoms with E-state index in [0.29, 0.717) is 16.7 Å². The Morgan fingerprint density at radius 3 is 2.67 bits per heavy atom. The van der Waals surface area contributed by atoms with Gasteiger partial charge in [0.15, 0.2) is 0 Å². The third kappa shape index (κ3) is 3.12. The van der Waals surface area contributed by atoms with Crippen molar-refractivity contribution in [2.24, 2.45) is 0 Å². The maximum absolute atomic E-state index is 6.26. The highest BCUT2D eigenvalue weighted by molar-refractivity contribution is 6.33. The molecule has 2 nitrogen and oxygen atoms in total. The zero-order chi connectivity index (χ0) is 14.8. The lowest BCUT2D eigenvalue weighted by Gasteiger charge is -2.10. The number of halogens is 2. The van der Waals surface area contributed by atoms with Crippen LogP contribution < -0.4 is 5.32 Å². The molecule has 0 aliphatic rings. The Labute approximate surface area is 133 Å². The van der Waals surface area contributed by atoms with Crippen molar-refractivity contribution < 1.29 is 0 Å². The van der Waals surface area contributed by atoms with Gasteiger partial charge in [-0.2, -0.15) is 0 Å². The number of anilines is 1. The molecule has 0 aliphatic heterocycles. The molecule has 0 saturated carbocycles. The number of nitrogens with one attached hydrogen (secondary N) is 1. The Balaban J connectivity index is 1.90. The van der Waals surface area contributed by atoms with Crippen molar-refractivity contribution in [1.29, 1.82) is 0 Å². The largest absolute Gasteiger partial charge is 0.380 e. The van der Waals surface area contributed by atoms with Crippen LogP contribution in [0.3, 0.4) is 0 Å². The number of rotatable bonds is 3. The van der Waals surface area contributed by atoms with Crippen LogP contribution in [0.2, 0.25) is 10.2 Å². The second-order valence-corrected chi connectivity index (χ2v) is 5.73. The smallest absolute Gasteiger partial charge is 0.134 e. The number of hydrogen-bond acceptors (Lipinski definition) is 2. The van der Waals surface area contributed by atoms with Crippen molar-refractivity contribution >= 4 is 39.8 Å². The maximum Gasteiger partial charge on any atom is 0.134 e. The first-order valence-corrected chi connectivity index (χ1v) is 7.43. The number of para-hydroxylation sites is 1. The molecule has 1 aromatic heterocycles. The van der Waals surface area contributed by atoms with Gasteiger partial charge in [-0.25, -0.2) is 4.98 Å². The minimum Gasteiger partial charge on any atom is -0.380 e. The van der Waals surface area contributed by atoms with E-state index in [-0.39, 0.29) is 0 Å².